The molecule has 1 aromatic carbocycles. The molecule has 0 saturated heterocycles. The molecule has 0 saturated carbocycles. The van der Waals surface area contributed by atoms with Crippen LogP contribution in [0.25, 0.3) is 10.4 Å². The Kier molecular flexibility index (Phi) is 2.64. The van der Waals surface area contributed by atoms with Gasteiger partial charge in [-0.3, -0.25) is 0 Å². The fourth-order valence-electron chi connectivity index (χ4n) is 1.23. The highest BCUT2D eigenvalue weighted by atomic mass is 32.1. The summed E-state index contributed by atoms with van der Waals surface area (Å²) in [5, 5.41) is 1.19. The van der Waals surface area contributed by atoms with E-state index in [0.717, 1.165) is 5.56 Å². The topological polar surface area (TPSA) is 12.9 Å². The minimum Gasteiger partial charge on any atom is -0.249 e. The van der Waals surface area contributed by atoms with Crippen LogP contribution in [-0.2, 0) is 0 Å². The Morgan fingerprint density at radius 2 is 2.21 bits per heavy atom. The molecule has 0 bridgehead atoms. The molecule has 2 rings (SSSR count). The van der Waals surface area contributed by atoms with Gasteiger partial charge in [0.05, 0.1) is 9.88 Å². The van der Waals surface area contributed by atoms with Crippen LogP contribution in [0.1, 0.15) is 24.8 Å². The number of hydrogen-bond donors (Lipinski definition) is 0. The van der Waals surface area contributed by atoms with Crippen molar-refractivity contribution in [2.24, 2.45) is 0 Å². The zero-order valence-corrected chi connectivity index (χ0v) is 9.14. The van der Waals surface area contributed by atoms with Crippen LogP contribution in [0, 0.1) is 6.07 Å². The summed E-state index contributed by atoms with van der Waals surface area (Å²) in [6.45, 7) is 4.33. The molecular formula is C12H12NS. The summed E-state index contributed by atoms with van der Waals surface area (Å²) in [7, 11) is 0. The first-order valence-electron chi connectivity index (χ1n) is 4.70. The van der Waals surface area contributed by atoms with Gasteiger partial charge in [0, 0.05) is 17.7 Å². The predicted molar refractivity (Wildman–Crippen MR) is 60.5 cm³/mol. The number of thiazole rings is 1. The Morgan fingerprint density at radius 1 is 1.36 bits per heavy atom. The molecule has 0 N–H and O–H groups in total. The number of aromatic nitrogens is 1. The van der Waals surface area contributed by atoms with Gasteiger partial charge in [-0.1, -0.05) is 38.1 Å². The van der Waals surface area contributed by atoms with Crippen LogP contribution < -0.4 is 0 Å². The minimum atomic E-state index is 0.512. The number of rotatable bonds is 2. The van der Waals surface area contributed by atoms with E-state index < -0.39 is 0 Å². The van der Waals surface area contributed by atoms with Gasteiger partial charge in [0.25, 0.3) is 0 Å². The molecule has 1 aromatic heterocycles. The highest BCUT2D eigenvalue weighted by Crippen LogP contribution is 2.28. The molecule has 2 heteroatoms. The molecule has 0 amide bonds. The SMILES string of the molecule is CC(C)c1ncc(-c2[c]cccc2)s1. The molecule has 0 fully saturated rings. The summed E-state index contributed by atoms with van der Waals surface area (Å²) in [6, 6.07) is 11.2. The number of hydrogen-bond acceptors (Lipinski definition) is 2. The summed E-state index contributed by atoms with van der Waals surface area (Å²) in [4.78, 5) is 5.59. The van der Waals surface area contributed by atoms with E-state index in [9.17, 15) is 0 Å². The van der Waals surface area contributed by atoms with Crippen LogP contribution in [0.4, 0.5) is 0 Å². The quantitative estimate of drug-likeness (QED) is 0.723. The van der Waals surface area contributed by atoms with Gasteiger partial charge in [-0.15, -0.1) is 11.3 Å². The Bertz CT molecular complexity index is 403. The molecule has 1 heterocycles. The Balaban J connectivity index is 2.34. The van der Waals surface area contributed by atoms with Crippen molar-refractivity contribution in [3.05, 3.63) is 41.5 Å². The molecule has 2 aromatic rings. The van der Waals surface area contributed by atoms with Crippen molar-refractivity contribution in [2.75, 3.05) is 0 Å². The molecule has 0 aliphatic heterocycles. The van der Waals surface area contributed by atoms with E-state index in [2.05, 4.69) is 31.0 Å². The van der Waals surface area contributed by atoms with Crippen molar-refractivity contribution in [3.8, 4) is 10.4 Å². The largest absolute Gasteiger partial charge is 0.249 e. The summed E-state index contributed by atoms with van der Waals surface area (Å²) in [5.74, 6) is 0.512. The van der Waals surface area contributed by atoms with Crippen molar-refractivity contribution in [1.29, 1.82) is 0 Å². The standard InChI is InChI=1S/C12H12NS/c1-9(2)12-13-8-11(14-12)10-6-4-3-5-7-10/h3-6,8-9H,1-2H3. The lowest BCUT2D eigenvalue weighted by molar-refractivity contribution is 0.852. The van der Waals surface area contributed by atoms with Crippen molar-refractivity contribution in [1.82, 2.24) is 4.98 Å². The van der Waals surface area contributed by atoms with E-state index in [0.29, 0.717) is 5.92 Å². The van der Waals surface area contributed by atoms with E-state index in [-0.39, 0.29) is 0 Å². The summed E-state index contributed by atoms with van der Waals surface area (Å²) in [6.07, 6.45) is 1.94. The lowest BCUT2D eigenvalue weighted by Crippen LogP contribution is -1.81. The van der Waals surface area contributed by atoms with Gasteiger partial charge >= 0.3 is 0 Å². The third-order valence-corrected chi connectivity index (χ3v) is 3.32. The van der Waals surface area contributed by atoms with Crippen LogP contribution in [0.15, 0.2) is 30.5 Å². The molecule has 71 valence electrons. The molecule has 14 heavy (non-hydrogen) atoms. The van der Waals surface area contributed by atoms with Gasteiger partial charge in [0.2, 0.25) is 0 Å². The maximum absolute atomic E-state index is 4.39. The van der Waals surface area contributed by atoms with Gasteiger partial charge in [0.15, 0.2) is 0 Å². The first-order valence-corrected chi connectivity index (χ1v) is 5.52. The first-order chi connectivity index (χ1) is 6.77. The van der Waals surface area contributed by atoms with Crippen LogP contribution >= 0.6 is 11.3 Å². The summed E-state index contributed by atoms with van der Waals surface area (Å²) >= 11 is 1.75. The Labute approximate surface area is 88.4 Å². The average molecular weight is 202 g/mol. The zero-order valence-electron chi connectivity index (χ0n) is 8.32. The fourth-order valence-corrected chi connectivity index (χ4v) is 2.13. The summed E-state index contributed by atoms with van der Waals surface area (Å²) < 4.78 is 0. The van der Waals surface area contributed by atoms with Crippen molar-refractivity contribution >= 4 is 11.3 Å². The second-order valence-corrected chi connectivity index (χ2v) is 4.56. The highest BCUT2D eigenvalue weighted by molar-refractivity contribution is 7.15. The van der Waals surface area contributed by atoms with Gasteiger partial charge in [0.1, 0.15) is 0 Å². The maximum atomic E-state index is 4.39. The molecule has 0 aliphatic carbocycles. The Morgan fingerprint density at radius 3 is 2.79 bits per heavy atom. The second kappa shape index (κ2) is 3.93. The number of benzene rings is 1. The minimum absolute atomic E-state index is 0.512. The normalized spacial score (nSPS) is 10.8. The van der Waals surface area contributed by atoms with Crippen molar-refractivity contribution in [3.63, 3.8) is 0 Å². The van der Waals surface area contributed by atoms with Crippen LogP contribution in [0.2, 0.25) is 0 Å². The molecular weight excluding hydrogens is 190 g/mol. The van der Waals surface area contributed by atoms with E-state index in [1.165, 1.54) is 9.88 Å². The second-order valence-electron chi connectivity index (χ2n) is 3.49. The van der Waals surface area contributed by atoms with E-state index in [4.69, 9.17) is 0 Å². The highest BCUT2D eigenvalue weighted by Gasteiger charge is 2.06. The lowest BCUT2D eigenvalue weighted by atomic mass is 10.2. The molecule has 0 aliphatic rings. The average Bonchev–Trinajstić information content (AvgIpc) is 2.68. The molecule has 1 nitrogen and oxygen atoms in total. The summed E-state index contributed by atoms with van der Waals surface area (Å²) in [5.41, 5.74) is 1.14. The van der Waals surface area contributed by atoms with Gasteiger partial charge in [-0.05, 0) is 6.07 Å². The monoisotopic (exact) mass is 202 g/mol. The fraction of sp³-hybridized carbons (Fsp3) is 0.250. The van der Waals surface area contributed by atoms with E-state index >= 15 is 0 Å². The first kappa shape index (κ1) is 9.41. The zero-order chi connectivity index (χ0) is 9.97. The molecule has 1 radical (unpaired) electrons. The van der Waals surface area contributed by atoms with Crippen LogP contribution in [0.5, 0.6) is 0 Å². The third kappa shape index (κ3) is 1.85. The third-order valence-electron chi connectivity index (χ3n) is 1.99. The lowest BCUT2D eigenvalue weighted by Gasteiger charge is -1.96. The van der Waals surface area contributed by atoms with Crippen LogP contribution in [0.3, 0.4) is 0 Å². The maximum Gasteiger partial charge on any atom is 0.0956 e. The molecule has 0 atom stereocenters. The van der Waals surface area contributed by atoms with Crippen LogP contribution in [-0.4, -0.2) is 4.98 Å². The van der Waals surface area contributed by atoms with Gasteiger partial charge in [-0.2, -0.15) is 0 Å². The Hall–Kier alpha value is -1.15. The van der Waals surface area contributed by atoms with E-state index in [1.807, 2.05) is 24.4 Å². The molecule has 0 spiro atoms. The predicted octanol–water partition coefficient (Wildman–Crippen LogP) is 3.73. The van der Waals surface area contributed by atoms with Gasteiger partial charge in [-0.25, -0.2) is 4.98 Å². The van der Waals surface area contributed by atoms with Crippen molar-refractivity contribution in [2.45, 2.75) is 19.8 Å². The molecule has 0 unspecified atom stereocenters. The van der Waals surface area contributed by atoms with Gasteiger partial charge < -0.3 is 0 Å². The van der Waals surface area contributed by atoms with Crippen molar-refractivity contribution < 1.29 is 0 Å². The smallest absolute Gasteiger partial charge is 0.0956 e. The number of nitrogens with zero attached hydrogens (tertiary/aromatic N) is 1. The van der Waals surface area contributed by atoms with E-state index in [1.54, 1.807) is 11.3 Å².